The van der Waals surface area contributed by atoms with E-state index in [0.29, 0.717) is 12.6 Å². The first-order chi connectivity index (χ1) is 4.66. The second kappa shape index (κ2) is 5.45. The van der Waals surface area contributed by atoms with Gasteiger partial charge in [0.2, 0.25) is 0 Å². The molecule has 60 valence electrons. The molecular formula is C8H17NO. The van der Waals surface area contributed by atoms with Crippen LogP contribution in [-0.2, 0) is 0 Å². The Bertz CT molecular complexity index is 99.4. The molecule has 0 aliphatic carbocycles. The Balaban J connectivity index is 3.30. The molecule has 1 atom stereocenters. The molecule has 0 heterocycles. The molecule has 0 aliphatic rings. The molecule has 0 aromatic rings. The molecule has 2 nitrogen and oxygen atoms in total. The van der Waals surface area contributed by atoms with Gasteiger partial charge >= 0.3 is 0 Å². The fourth-order valence-corrected chi connectivity index (χ4v) is 0.647. The van der Waals surface area contributed by atoms with E-state index in [-0.39, 0.29) is 6.10 Å². The highest BCUT2D eigenvalue weighted by Crippen LogP contribution is 1.84. The summed E-state index contributed by atoms with van der Waals surface area (Å²) < 4.78 is 0. The minimum Gasteiger partial charge on any atom is -0.388 e. The van der Waals surface area contributed by atoms with Crippen molar-refractivity contribution in [1.82, 2.24) is 5.32 Å². The maximum Gasteiger partial charge on any atom is 0.0845 e. The molecule has 10 heavy (non-hydrogen) atoms. The zero-order valence-electron chi connectivity index (χ0n) is 6.96. The summed E-state index contributed by atoms with van der Waals surface area (Å²) in [5, 5.41) is 12.3. The van der Waals surface area contributed by atoms with Crippen LogP contribution in [0.2, 0.25) is 0 Å². The maximum atomic E-state index is 9.15. The van der Waals surface area contributed by atoms with E-state index in [1.807, 2.05) is 13.0 Å². The Morgan fingerprint density at radius 1 is 1.50 bits per heavy atom. The van der Waals surface area contributed by atoms with Gasteiger partial charge in [0.15, 0.2) is 0 Å². The number of aliphatic hydroxyl groups is 1. The van der Waals surface area contributed by atoms with Gasteiger partial charge in [-0.3, -0.25) is 0 Å². The summed E-state index contributed by atoms with van der Waals surface area (Å²) in [6.45, 7) is 6.66. The van der Waals surface area contributed by atoms with Crippen LogP contribution in [0.5, 0.6) is 0 Å². The molecule has 0 unspecified atom stereocenters. The van der Waals surface area contributed by atoms with E-state index in [1.165, 1.54) is 0 Å². The van der Waals surface area contributed by atoms with Gasteiger partial charge in [-0.15, -0.1) is 0 Å². The number of hydrogen-bond donors (Lipinski definition) is 2. The third-order valence-electron chi connectivity index (χ3n) is 1.15. The number of nitrogens with one attached hydrogen (secondary N) is 1. The zero-order valence-corrected chi connectivity index (χ0v) is 6.96. The second-order valence-electron chi connectivity index (χ2n) is 2.66. The van der Waals surface area contributed by atoms with Crippen molar-refractivity contribution in [1.29, 1.82) is 0 Å². The van der Waals surface area contributed by atoms with E-state index in [0.717, 1.165) is 0 Å². The Labute approximate surface area is 62.9 Å². The van der Waals surface area contributed by atoms with Crippen LogP contribution in [0.3, 0.4) is 0 Å². The van der Waals surface area contributed by atoms with E-state index >= 15 is 0 Å². The van der Waals surface area contributed by atoms with Crippen LogP contribution in [0.1, 0.15) is 20.8 Å². The van der Waals surface area contributed by atoms with E-state index < -0.39 is 0 Å². The minimum atomic E-state index is -0.340. The third-order valence-corrected chi connectivity index (χ3v) is 1.15. The van der Waals surface area contributed by atoms with E-state index in [9.17, 15) is 0 Å². The Hall–Kier alpha value is -0.340. The summed E-state index contributed by atoms with van der Waals surface area (Å²) in [6, 6.07) is 0.444. The molecule has 0 aromatic carbocycles. The fraction of sp³-hybridized carbons (Fsp3) is 0.750. The van der Waals surface area contributed by atoms with Crippen molar-refractivity contribution in [2.24, 2.45) is 0 Å². The number of rotatable bonds is 4. The monoisotopic (exact) mass is 143 g/mol. The molecule has 0 rings (SSSR count). The molecular weight excluding hydrogens is 126 g/mol. The Kier molecular flexibility index (Phi) is 5.26. The van der Waals surface area contributed by atoms with Gasteiger partial charge in [0, 0.05) is 12.6 Å². The molecule has 0 aromatic heterocycles. The third kappa shape index (κ3) is 5.79. The summed E-state index contributed by atoms with van der Waals surface area (Å²) in [4.78, 5) is 0. The molecule has 0 saturated heterocycles. The van der Waals surface area contributed by atoms with Crippen molar-refractivity contribution >= 4 is 0 Å². The first-order valence-corrected chi connectivity index (χ1v) is 3.71. The van der Waals surface area contributed by atoms with E-state index in [1.54, 1.807) is 6.08 Å². The lowest BCUT2D eigenvalue weighted by Crippen LogP contribution is -2.30. The maximum absolute atomic E-state index is 9.15. The second-order valence-corrected chi connectivity index (χ2v) is 2.66. The van der Waals surface area contributed by atoms with Gasteiger partial charge in [0.1, 0.15) is 0 Å². The van der Waals surface area contributed by atoms with Crippen molar-refractivity contribution in [2.75, 3.05) is 6.54 Å². The Morgan fingerprint density at radius 2 is 2.10 bits per heavy atom. The average Bonchev–Trinajstić information content (AvgIpc) is 1.85. The van der Waals surface area contributed by atoms with Crippen molar-refractivity contribution < 1.29 is 5.11 Å². The van der Waals surface area contributed by atoms with Crippen molar-refractivity contribution in [3.8, 4) is 0 Å². The smallest absolute Gasteiger partial charge is 0.0845 e. The van der Waals surface area contributed by atoms with Crippen LogP contribution in [0.15, 0.2) is 12.2 Å². The lowest BCUT2D eigenvalue weighted by atomic mass is 10.3. The molecule has 2 heteroatoms. The summed E-state index contributed by atoms with van der Waals surface area (Å²) in [7, 11) is 0. The lowest BCUT2D eigenvalue weighted by molar-refractivity contribution is 0.215. The minimum absolute atomic E-state index is 0.340. The predicted molar refractivity (Wildman–Crippen MR) is 44.0 cm³/mol. The van der Waals surface area contributed by atoms with Crippen molar-refractivity contribution in [2.45, 2.75) is 32.9 Å². The number of allylic oxidation sites excluding steroid dienone is 1. The lowest BCUT2D eigenvalue weighted by Gasteiger charge is -2.09. The highest BCUT2D eigenvalue weighted by Gasteiger charge is 1.97. The molecule has 0 saturated carbocycles. The Morgan fingerprint density at radius 3 is 2.50 bits per heavy atom. The molecule has 0 fully saturated rings. The first-order valence-electron chi connectivity index (χ1n) is 3.71. The van der Waals surface area contributed by atoms with Crippen LogP contribution in [0.25, 0.3) is 0 Å². The van der Waals surface area contributed by atoms with Crippen molar-refractivity contribution in [3.63, 3.8) is 0 Å². The fourth-order valence-electron chi connectivity index (χ4n) is 0.647. The van der Waals surface area contributed by atoms with Gasteiger partial charge in [-0.2, -0.15) is 0 Å². The van der Waals surface area contributed by atoms with Crippen LogP contribution in [-0.4, -0.2) is 23.8 Å². The molecule has 2 N–H and O–H groups in total. The largest absolute Gasteiger partial charge is 0.388 e. The quantitative estimate of drug-likeness (QED) is 0.574. The average molecular weight is 143 g/mol. The standard InChI is InChI=1S/C8H17NO/c1-4-5-8(10)6-9-7(2)3/h4-5,7-10H,6H2,1-3H3/t8-/m1/s1. The van der Waals surface area contributed by atoms with E-state index in [2.05, 4.69) is 19.2 Å². The highest BCUT2D eigenvalue weighted by molar-refractivity contribution is 4.86. The number of hydrogen-bond acceptors (Lipinski definition) is 2. The SMILES string of the molecule is CC=C[C@@H](O)CNC(C)C. The van der Waals surface area contributed by atoms with Gasteiger partial charge in [0.05, 0.1) is 6.10 Å². The van der Waals surface area contributed by atoms with Crippen LogP contribution in [0, 0.1) is 0 Å². The summed E-state index contributed by atoms with van der Waals surface area (Å²) in [5.41, 5.74) is 0. The zero-order chi connectivity index (χ0) is 7.98. The normalized spacial score (nSPS) is 14.9. The van der Waals surface area contributed by atoms with E-state index in [4.69, 9.17) is 5.11 Å². The molecule has 0 aliphatic heterocycles. The molecule has 0 bridgehead atoms. The molecule has 0 radical (unpaired) electrons. The van der Waals surface area contributed by atoms with Gasteiger partial charge < -0.3 is 10.4 Å². The topological polar surface area (TPSA) is 32.3 Å². The van der Waals surface area contributed by atoms with Gasteiger partial charge in [-0.25, -0.2) is 0 Å². The predicted octanol–water partition coefficient (Wildman–Crippen LogP) is 0.921. The van der Waals surface area contributed by atoms with Gasteiger partial charge in [0.25, 0.3) is 0 Å². The summed E-state index contributed by atoms with van der Waals surface area (Å²) in [6.07, 6.45) is 3.29. The van der Waals surface area contributed by atoms with Crippen LogP contribution in [0.4, 0.5) is 0 Å². The number of aliphatic hydroxyl groups excluding tert-OH is 1. The first kappa shape index (κ1) is 9.66. The van der Waals surface area contributed by atoms with Crippen LogP contribution < -0.4 is 5.32 Å². The van der Waals surface area contributed by atoms with Crippen molar-refractivity contribution in [3.05, 3.63) is 12.2 Å². The summed E-state index contributed by atoms with van der Waals surface area (Å²) >= 11 is 0. The van der Waals surface area contributed by atoms with Gasteiger partial charge in [-0.05, 0) is 6.92 Å². The molecule has 0 spiro atoms. The highest BCUT2D eigenvalue weighted by atomic mass is 16.3. The summed E-state index contributed by atoms with van der Waals surface area (Å²) in [5.74, 6) is 0. The van der Waals surface area contributed by atoms with Crippen LogP contribution >= 0.6 is 0 Å². The van der Waals surface area contributed by atoms with Gasteiger partial charge in [-0.1, -0.05) is 26.0 Å². The molecule has 0 amide bonds.